The Labute approximate surface area is 332 Å². The van der Waals surface area contributed by atoms with Crippen LogP contribution in [0, 0.1) is 0 Å². The predicted molar refractivity (Wildman–Crippen MR) is 237 cm³/mol. The molecule has 3 aromatic heterocycles. The van der Waals surface area contributed by atoms with Crippen molar-refractivity contribution >= 4 is 65.4 Å². The highest BCUT2D eigenvalue weighted by molar-refractivity contribution is 6.18. The van der Waals surface area contributed by atoms with Crippen LogP contribution in [0.4, 0.5) is 0 Å². The van der Waals surface area contributed by atoms with Crippen molar-refractivity contribution in [1.29, 1.82) is 0 Å². The van der Waals surface area contributed by atoms with Crippen LogP contribution in [0.2, 0.25) is 0 Å². The Hall–Kier alpha value is -7.89. The van der Waals surface area contributed by atoms with E-state index in [-0.39, 0.29) is 0 Å². The second kappa shape index (κ2) is 12.8. The molecule has 0 aliphatic heterocycles. The van der Waals surface area contributed by atoms with Gasteiger partial charge in [0.05, 0.1) is 0 Å². The first-order valence-electron chi connectivity index (χ1n) is 19.4. The molecule has 0 unspecified atom stereocenters. The number of fused-ring (bicyclic) bond motifs is 8. The third-order valence-corrected chi connectivity index (χ3v) is 11.3. The number of rotatable bonds is 5. The molecule has 0 aliphatic carbocycles. The number of hydrogen-bond acceptors (Lipinski definition) is 5. The zero-order chi connectivity index (χ0) is 38.2. The molecule has 9 aromatic carbocycles. The van der Waals surface area contributed by atoms with Gasteiger partial charge in [-0.05, 0) is 92.3 Å². The molecule has 3 heterocycles. The fraction of sp³-hybridized carbons (Fsp3) is 0. The molecule has 0 bridgehead atoms. The van der Waals surface area contributed by atoms with E-state index in [0.29, 0.717) is 17.5 Å². The van der Waals surface area contributed by atoms with E-state index >= 15 is 0 Å². The van der Waals surface area contributed by atoms with Gasteiger partial charge >= 0.3 is 0 Å². The maximum atomic E-state index is 6.66. The van der Waals surface area contributed by atoms with Gasteiger partial charge in [-0.25, -0.2) is 15.0 Å². The molecule has 5 heteroatoms. The van der Waals surface area contributed by atoms with E-state index in [2.05, 4.69) is 158 Å². The highest BCUT2D eigenvalue weighted by Crippen LogP contribution is 2.44. The average molecular weight is 742 g/mol. The van der Waals surface area contributed by atoms with Crippen LogP contribution in [0.5, 0.6) is 0 Å². The molecule has 0 spiro atoms. The van der Waals surface area contributed by atoms with Crippen LogP contribution in [-0.2, 0) is 0 Å². The Morgan fingerprint density at radius 3 is 1.69 bits per heavy atom. The lowest BCUT2D eigenvalue weighted by Gasteiger charge is -2.14. The van der Waals surface area contributed by atoms with Gasteiger partial charge in [0.1, 0.15) is 22.3 Å². The summed E-state index contributed by atoms with van der Waals surface area (Å²) in [5, 5.41) is 8.68. The van der Waals surface area contributed by atoms with Gasteiger partial charge < -0.3 is 8.83 Å². The van der Waals surface area contributed by atoms with E-state index < -0.39 is 0 Å². The fourth-order valence-electron chi connectivity index (χ4n) is 8.44. The number of para-hydroxylation sites is 1. The summed E-state index contributed by atoms with van der Waals surface area (Å²) in [6.07, 6.45) is 0. The molecule has 0 saturated carbocycles. The molecule has 270 valence electrons. The van der Waals surface area contributed by atoms with Crippen molar-refractivity contribution < 1.29 is 8.83 Å². The summed E-state index contributed by atoms with van der Waals surface area (Å²) < 4.78 is 13.0. The molecule has 0 radical (unpaired) electrons. The van der Waals surface area contributed by atoms with Crippen LogP contribution >= 0.6 is 0 Å². The topological polar surface area (TPSA) is 65.0 Å². The molecular formula is C53H31N3O2. The first kappa shape index (κ1) is 32.4. The average Bonchev–Trinajstić information content (AvgIpc) is 3.85. The Kier molecular flexibility index (Phi) is 7.16. The van der Waals surface area contributed by atoms with Gasteiger partial charge in [0, 0.05) is 38.2 Å². The number of hydrogen-bond donors (Lipinski definition) is 0. The summed E-state index contributed by atoms with van der Waals surface area (Å²) in [5.74, 6) is 1.68. The lowest BCUT2D eigenvalue weighted by atomic mass is 9.93. The number of furan rings is 2. The van der Waals surface area contributed by atoms with Crippen LogP contribution in [-0.4, -0.2) is 15.0 Å². The molecule has 0 N–H and O–H groups in total. The molecular weight excluding hydrogens is 711 g/mol. The molecule has 12 aromatic rings. The summed E-state index contributed by atoms with van der Waals surface area (Å²) in [7, 11) is 0. The first-order chi connectivity index (χ1) is 28.7. The van der Waals surface area contributed by atoms with Crippen LogP contribution < -0.4 is 0 Å². The molecule has 0 atom stereocenters. The monoisotopic (exact) mass is 741 g/mol. The Morgan fingerprint density at radius 1 is 0.293 bits per heavy atom. The van der Waals surface area contributed by atoms with E-state index in [9.17, 15) is 0 Å². The van der Waals surface area contributed by atoms with Gasteiger partial charge in [-0.15, -0.1) is 0 Å². The van der Waals surface area contributed by atoms with Gasteiger partial charge in [-0.2, -0.15) is 0 Å². The van der Waals surface area contributed by atoms with Crippen LogP contribution in [0.25, 0.3) is 122 Å². The SMILES string of the molecule is c1ccc(-c2ccc(-c3nc(-c4ccc5c(c4)oc4ccccc45)nc(-c4c(-c5ccc6ccccc6c5)ccc5oc6cc7ccccc7cc6c45)n3)cc2)cc1. The van der Waals surface area contributed by atoms with Crippen molar-refractivity contribution in [3.05, 3.63) is 188 Å². The van der Waals surface area contributed by atoms with Crippen molar-refractivity contribution in [2.75, 3.05) is 0 Å². The number of aromatic nitrogens is 3. The Balaban J connectivity index is 1.15. The third-order valence-electron chi connectivity index (χ3n) is 11.3. The highest BCUT2D eigenvalue weighted by Gasteiger charge is 2.23. The third kappa shape index (κ3) is 5.29. The number of benzene rings is 9. The maximum absolute atomic E-state index is 6.66. The normalized spacial score (nSPS) is 11.8. The fourth-order valence-corrected chi connectivity index (χ4v) is 8.44. The number of nitrogens with zero attached hydrogens (tertiary/aromatic N) is 3. The van der Waals surface area contributed by atoms with E-state index in [4.69, 9.17) is 23.8 Å². The molecule has 0 amide bonds. The van der Waals surface area contributed by atoms with Crippen molar-refractivity contribution in [2.45, 2.75) is 0 Å². The highest BCUT2D eigenvalue weighted by atomic mass is 16.3. The summed E-state index contributed by atoms with van der Waals surface area (Å²) >= 11 is 0. The minimum atomic E-state index is 0.550. The second-order valence-corrected chi connectivity index (χ2v) is 14.8. The quantitative estimate of drug-likeness (QED) is 0.176. The van der Waals surface area contributed by atoms with Crippen molar-refractivity contribution in [3.63, 3.8) is 0 Å². The molecule has 58 heavy (non-hydrogen) atoms. The van der Waals surface area contributed by atoms with Crippen molar-refractivity contribution in [3.8, 4) is 56.4 Å². The Morgan fingerprint density at radius 2 is 0.862 bits per heavy atom. The second-order valence-electron chi connectivity index (χ2n) is 14.8. The zero-order valence-electron chi connectivity index (χ0n) is 31.1. The van der Waals surface area contributed by atoms with Crippen LogP contribution in [0.1, 0.15) is 0 Å². The standard InChI is InChI=1S/C53H31N3O2/c1-2-10-32(11-3-1)34-18-21-35(22-19-34)51-54-52(40-24-25-43-42-16-8-9-17-45(42)57-47(43)31-40)56-53(55-51)50-41(39-23-20-33-12-4-5-13-36(33)28-39)26-27-46-49(50)44-29-37-14-6-7-15-38(37)30-48(44)58-46/h1-31H. The van der Waals surface area contributed by atoms with E-state index in [1.165, 1.54) is 5.39 Å². The van der Waals surface area contributed by atoms with E-state index in [1.807, 2.05) is 30.3 Å². The van der Waals surface area contributed by atoms with Crippen LogP contribution in [0.3, 0.4) is 0 Å². The Bertz CT molecular complexity index is 3570. The van der Waals surface area contributed by atoms with Gasteiger partial charge in [0.15, 0.2) is 17.5 Å². The molecule has 5 nitrogen and oxygen atoms in total. The maximum Gasteiger partial charge on any atom is 0.165 e. The molecule has 0 saturated heterocycles. The van der Waals surface area contributed by atoms with E-state index in [1.54, 1.807) is 0 Å². The summed E-state index contributed by atoms with van der Waals surface area (Å²) in [5.41, 5.74) is 10.1. The van der Waals surface area contributed by atoms with Gasteiger partial charge in [-0.3, -0.25) is 0 Å². The zero-order valence-corrected chi connectivity index (χ0v) is 31.1. The summed E-state index contributed by atoms with van der Waals surface area (Å²) in [6, 6.07) is 65.2. The minimum absolute atomic E-state index is 0.550. The largest absolute Gasteiger partial charge is 0.456 e. The van der Waals surface area contributed by atoms with Gasteiger partial charge in [0.25, 0.3) is 0 Å². The summed E-state index contributed by atoms with van der Waals surface area (Å²) in [6.45, 7) is 0. The van der Waals surface area contributed by atoms with Crippen LogP contribution in [0.15, 0.2) is 197 Å². The first-order valence-corrected chi connectivity index (χ1v) is 19.4. The molecule has 12 rings (SSSR count). The van der Waals surface area contributed by atoms with Crippen molar-refractivity contribution in [1.82, 2.24) is 15.0 Å². The smallest absolute Gasteiger partial charge is 0.165 e. The summed E-state index contributed by atoms with van der Waals surface area (Å²) in [4.78, 5) is 15.9. The predicted octanol–water partition coefficient (Wildman–Crippen LogP) is 14.3. The molecule has 0 fully saturated rings. The lowest BCUT2D eigenvalue weighted by molar-refractivity contribution is 0.669. The van der Waals surface area contributed by atoms with Gasteiger partial charge in [0.2, 0.25) is 0 Å². The lowest BCUT2D eigenvalue weighted by Crippen LogP contribution is -2.01. The van der Waals surface area contributed by atoms with Gasteiger partial charge in [-0.1, -0.05) is 140 Å². The molecule has 0 aliphatic rings. The minimum Gasteiger partial charge on any atom is -0.456 e. The van der Waals surface area contributed by atoms with E-state index in [0.717, 1.165) is 99.0 Å². The van der Waals surface area contributed by atoms with Crippen molar-refractivity contribution in [2.24, 2.45) is 0 Å².